The quantitative estimate of drug-likeness (QED) is 0.796. The van der Waals surface area contributed by atoms with Crippen molar-refractivity contribution in [3.05, 3.63) is 35.4 Å². The van der Waals surface area contributed by atoms with Crippen LogP contribution in [-0.4, -0.2) is 49.7 Å². The normalized spacial score (nSPS) is 20.7. The van der Waals surface area contributed by atoms with E-state index in [2.05, 4.69) is 0 Å². The Labute approximate surface area is 122 Å². The summed E-state index contributed by atoms with van der Waals surface area (Å²) in [6, 6.07) is 2.47. The van der Waals surface area contributed by atoms with E-state index in [9.17, 15) is 22.0 Å². The van der Waals surface area contributed by atoms with Gasteiger partial charge in [-0.15, -0.1) is 0 Å². The second-order valence-corrected chi connectivity index (χ2v) is 7.51. The Kier molecular flexibility index (Phi) is 4.73. The third-order valence-corrected chi connectivity index (χ3v) is 5.44. The van der Waals surface area contributed by atoms with Gasteiger partial charge in [0.15, 0.2) is 27.3 Å². The first-order valence-corrected chi connectivity index (χ1v) is 8.56. The summed E-state index contributed by atoms with van der Waals surface area (Å²) in [7, 11) is -3.05. The number of sulfone groups is 1. The zero-order valence-electron chi connectivity index (χ0n) is 11.7. The van der Waals surface area contributed by atoms with Crippen LogP contribution in [0.5, 0.6) is 0 Å². The molecule has 0 saturated carbocycles. The molecule has 1 unspecified atom stereocenters. The lowest BCUT2D eigenvalue weighted by Crippen LogP contribution is -2.40. The molecule has 7 heteroatoms. The van der Waals surface area contributed by atoms with Gasteiger partial charge in [-0.3, -0.25) is 9.69 Å². The molecule has 1 atom stereocenters. The second-order valence-electron chi connectivity index (χ2n) is 5.21. The Balaban J connectivity index is 2.13. The number of carbonyl (C=O) groups is 1. The molecular weight excluding hydrogens is 300 g/mol. The van der Waals surface area contributed by atoms with E-state index in [1.165, 1.54) is 6.07 Å². The van der Waals surface area contributed by atoms with E-state index in [0.717, 1.165) is 12.1 Å². The summed E-state index contributed by atoms with van der Waals surface area (Å²) in [4.78, 5) is 14.1. The highest BCUT2D eigenvalue weighted by atomic mass is 32.2. The number of hydrogen-bond acceptors (Lipinski definition) is 4. The Morgan fingerprint density at radius 3 is 2.57 bits per heavy atom. The molecule has 0 N–H and O–H groups in total. The summed E-state index contributed by atoms with van der Waals surface area (Å²) in [6.07, 6.45) is 0.470. The average Bonchev–Trinajstić information content (AvgIpc) is 2.61. The van der Waals surface area contributed by atoms with Gasteiger partial charge in [0.2, 0.25) is 0 Å². The van der Waals surface area contributed by atoms with Gasteiger partial charge in [0.05, 0.1) is 17.5 Å². The predicted molar refractivity (Wildman–Crippen MR) is 75.0 cm³/mol. The van der Waals surface area contributed by atoms with Gasteiger partial charge in [-0.25, -0.2) is 17.2 Å². The molecule has 0 aliphatic carbocycles. The van der Waals surface area contributed by atoms with Crippen molar-refractivity contribution in [1.29, 1.82) is 0 Å². The van der Waals surface area contributed by atoms with Crippen LogP contribution >= 0.6 is 0 Å². The summed E-state index contributed by atoms with van der Waals surface area (Å²) in [5.74, 6) is -2.27. The van der Waals surface area contributed by atoms with E-state index in [4.69, 9.17) is 0 Å². The zero-order valence-corrected chi connectivity index (χ0v) is 12.5. The molecule has 1 aromatic rings. The van der Waals surface area contributed by atoms with Crippen LogP contribution in [0.3, 0.4) is 0 Å². The minimum Gasteiger partial charge on any atom is -0.292 e. The van der Waals surface area contributed by atoms with Crippen molar-refractivity contribution in [2.24, 2.45) is 0 Å². The third kappa shape index (κ3) is 3.85. The standard InChI is InChI=1S/C14H17F2NO3S/c1-10(17-5-2-7-21(19,20)8-6-17)14(18)11-3-4-12(15)13(16)9-11/h3-4,9-10H,2,5-8H2,1H3. The zero-order chi connectivity index (χ0) is 15.6. The molecule has 1 heterocycles. The fourth-order valence-electron chi connectivity index (χ4n) is 2.40. The molecule has 1 fully saturated rings. The SMILES string of the molecule is CC(C(=O)c1ccc(F)c(F)c1)N1CCCS(=O)(=O)CC1. The van der Waals surface area contributed by atoms with Crippen molar-refractivity contribution in [3.63, 3.8) is 0 Å². The average molecular weight is 317 g/mol. The molecule has 1 aliphatic rings. The Morgan fingerprint density at radius 1 is 1.19 bits per heavy atom. The van der Waals surface area contributed by atoms with Crippen LogP contribution in [0.1, 0.15) is 23.7 Å². The van der Waals surface area contributed by atoms with Crippen LogP contribution in [0.15, 0.2) is 18.2 Å². The number of carbonyl (C=O) groups excluding carboxylic acids is 1. The first kappa shape index (κ1) is 16.0. The molecule has 2 rings (SSSR count). The summed E-state index contributed by atoms with van der Waals surface area (Å²) >= 11 is 0. The van der Waals surface area contributed by atoms with Gasteiger partial charge in [0.25, 0.3) is 0 Å². The molecule has 0 bridgehead atoms. The molecular formula is C14H17F2NO3S. The molecule has 1 saturated heterocycles. The second kappa shape index (κ2) is 6.19. The predicted octanol–water partition coefficient (Wildman–Crippen LogP) is 1.66. The molecule has 116 valence electrons. The van der Waals surface area contributed by atoms with Gasteiger partial charge in [-0.1, -0.05) is 0 Å². The Hall–Kier alpha value is -1.34. The molecule has 0 amide bonds. The van der Waals surface area contributed by atoms with E-state index in [1.807, 2.05) is 0 Å². The fraction of sp³-hybridized carbons (Fsp3) is 0.500. The fourth-order valence-corrected chi connectivity index (χ4v) is 3.69. The van der Waals surface area contributed by atoms with Gasteiger partial charge in [0.1, 0.15) is 0 Å². The van der Waals surface area contributed by atoms with Crippen molar-refractivity contribution in [2.45, 2.75) is 19.4 Å². The number of hydrogen-bond donors (Lipinski definition) is 0. The number of benzene rings is 1. The smallest absolute Gasteiger partial charge is 0.179 e. The van der Waals surface area contributed by atoms with E-state index >= 15 is 0 Å². The maximum atomic E-state index is 13.2. The van der Waals surface area contributed by atoms with Gasteiger partial charge in [0, 0.05) is 12.1 Å². The highest BCUT2D eigenvalue weighted by Crippen LogP contribution is 2.15. The highest BCUT2D eigenvalue weighted by Gasteiger charge is 2.27. The minimum atomic E-state index is -3.05. The molecule has 21 heavy (non-hydrogen) atoms. The summed E-state index contributed by atoms with van der Waals surface area (Å²) in [5.41, 5.74) is 0.0912. The lowest BCUT2D eigenvalue weighted by Gasteiger charge is -2.26. The van der Waals surface area contributed by atoms with E-state index in [0.29, 0.717) is 13.0 Å². The molecule has 0 aromatic heterocycles. The molecule has 0 spiro atoms. The van der Waals surface area contributed by atoms with Gasteiger partial charge >= 0.3 is 0 Å². The van der Waals surface area contributed by atoms with E-state index < -0.39 is 27.5 Å². The number of Topliss-reactive ketones (excluding diaryl/α,β-unsaturated/α-hetero) is 1. The Morgan fingerprint density at radius 2 is 1.90 bits per heavy atom. The van der Waals surface area contributed by atoms with Crippen molar-refractivity contribution in [1.82, 2.24) is 4.90 Å². The van der Waals surface area contributed by atoms with Crippen molar-refractivity contribution in [2.75, 3.05) is 24.6 Å². The van der Waals surface area contributed by atoms with Gasteiger partial charge in [-0.2, -0.15) is 0 Å². The number of rotatable bonds is 3. The first-order valence-electron chi connectivity index (χ1n) is 6.74. The lowest BCUT2D eigenvalue weighted by atomic mass is 10.0. The van der Waals surface area contributed by atoms with Crippen molar-refractivity contribution >= 4 is 15.6 Å². The summed E-state index contributed by atoms with van der Waals surface area (Å²) in [6.45, 7) is 2.43. The minimum absolute atomic E-state index is 0.0163. The van der Waals surface area contributed by atoms with Crippen molar-refractivity contribution in [3.8, 4) is 0 Å². The summed E-state index contributed by atoms with van der Waals surface area (Å²) in [5, 5.41) is 0. The van der Waals surface area contributed by atoms with E-state index in [1.54, 1.807) is 11.8 Å². The maximum Gasteiger partial charge on any atom is 0.179 e. The largest absolute Gasteiger partial charge is 0.292 e. The lowest BCUT2D eigenvalue weighted by molar-refractivity contribution is 0.0847. The molecule has 4 nitrogen and oxygen atoms in total. The monoisotopic (exact) mass is 317 g/mol. The molecule has 1 aromatic carbocycles. The van der Waals surface area contributed by atoms with E-state index in [-0.39, 0.29) is 29.4 Å². The van der Waals surface area contributed by atoms with Gasteiger partial charge < -0.3 is 0 Å². The van der Waals surface area contributed by atoms with Gasteiger partial charge in [-0.05, 0) is 38.1 Å². The first-order chi connectivity index (χ1) is 9.80. The molecule has 0 radical (unpaired) electrons. The van der Waals surface area contributed by atoms with Crippen LogP contribution in [0.25, 0.3) is 0 Å². The summed E-state index contributed by atoms with van der Waals surface area (Å²) < 4.78 is 49.2. The Bertz CT molecular complexity index is 646. The van der Waals surface area contributed by atoms with Crippen LogP contribution in [0, 0.1) is 11.6 Å². The van der Waals surface area contributed by atoms with Crippen molar-refractivity contribution < 1.29 is 22.0 Å². The molecule has 1 aliphatic heterocycles. The van der Waals surface area contributed by atoms with Crippen LogP contribution < -0.4 is 0 Å². The van der Waals surface area contributed by atoms with Crippen LogP contribution in [0.4, 0.5) is 8.78 Å². The third-order valence-electron chi connectivity index (χ3n) is 3.72. The number of nitrogens with zero attached hydrogens (tertiary/aromatic N) is 1. The topological polar surface area (TPSA) is 54.5 Å². The number of halogens is 2. The van der Waals surface area contributed by atoms with Crippen LogP contribution in [0.2, 0.25) is 0 Å². The maximum absolute atomic E-state index is 13.2. The van der Waals surface area contributed by atoms with Crippen LogP contribution in [-0.2, 0) is 9.84 Å². The highest BCUT2D eigenvalue weighted by molar-refractivity contribution is 7.91. The number of ketones is 1.